The highest BCUT2D eigenvalue weighted by Gasteiger charge is 2.17. The van der Waals surface area contributed by atoms with Crippen LogP contribution in [0.3, 0.4) is 0 Å². The Morgan fingerprint density at radius 2 is 1.23 bits per heavy atom. The van der Waals surface area contributed by atoms with Gasteiger partial charge < -0.3 is 4.84 Å². The van der Waals surface area contributed by atoms with Gasteiger partial charge in [-0.15, -0.1) is 5.06 Å². The Bertz CT molecular complexity index is 1090. The highest BCUT2D eigenvalue weighted by Crippen LogP contribution is 2.21. The lowest BCUT2D eigenvalue weighted by Crippen LogP contribution is -2.27. The maximum atomic E-state index is 13.1. The highest BCUT2D eigenvalue weighted by molar-refractivity contribution is 6.04. The molecule has 3 heteroatoms. The molecule has 30 heavy (non-hydrogen) atoms. The third-order valence-electron chi connectivity index (χ3n) is 5.18. The molecule has 0 bridgehead atoms. The third kappa shape index (κ3) is 4.76. The average molecular weight is 396 g/mol. The van der Waals surface area contributed by atoms with Gasteiger partial charge >= 0.3 is 5.97 Å². The summed E-state index contributed by atoms with van der Waals surface area (Å²) >= 11 is 0. The summed E-state index contributed by atoms with van der Waals surface area (Å²) in [5.74, 6) is -0.342. The lowest BCUT2D eigenvalue weighted by Gasteiger charge is -2.22. The first-order valence-electron chi connectivity index (χ1n) is 10.1. The number of hydroxylamine groups is 2. The van der Waals surface area contributed by atoms with Gasteiger partial charge in [-0.2, -0.15) is 0 Å². The molecule has 0 heterocycles. The van der Waals surface area contributed by atoms with Crippen molar-refractivity contribution in [3.8, 4) is 0 Å². The Labute approximate surface area is 177 Å². The standard InChI is InChI=1S/C27H25NO2/c1-20-10-14-22(15-11-20)18-28(19-23-16-12-21(2)13-17-23)30-27(29)26-9-5-7-24-6-3-4-8-25(24)26/h3-17H,18-19H2,1-2H3. The fourth-order valence-corrected chi connectivity index (χ4v) is 3.48. The van der Waals surface area contributed by atoms with Crippen molar-refractivity contribution in [2.45, 2.75) is 26.9 Å². The zero-order valence-electron chi connectivity index (χ0n) is 17.3. The van der Waals surface area contributed by atoms with Crippen LogP contribution in [-0.2, 0) is 17.9 Å². The van der Waals surface area contributed by atoms with E-state index in [-0.39, 0.29) is 5.97 Å². The van der Waals surface area contributed by atoms with Crippen LogP contribution in [0.4, 0.5) is 0 Å². The summed E-state index contributed by atoms with van der Waals surface area (Å²) in [6.07, 6.45) is 0. The summed E-state index contributed by atoms with van der Waals surface area (Å²) in [4.78, 5) is 19.0. The van der Waals surface area contributed by atoms with Gasteiger partial charge in [0.15, 0.2) is 0 Å². The Morgan fingerprint density at radius 1 is 0.700 bits per heavy atom. The van der Waals surface area contributed by atoms with Crippen LogP contribution in [0, 0.1) is 13.8 Å². The van der Waals surface area contributed by atoms with Crippen LogP contribution < -0.4 is 0 Å². The second-order valence-electron chi connectivity index (χ2n) is 7.67. The Kier molecular flexibility index (Phi) is 5.92. The number of carbonyl (C=O) groups is 1. The molecule has 0 unspecified atom stereocenters. The number of fused-ring (bicyclic) bond motifs is 1. The summed E-state index contributed by atoms with van der Waals surface area (Å²) in [5.41, 5.74) is 5.18. The lowest BCUT2D eigenvalue weighted by molar-refractivity contribution is -0.123. The number of rotatable bonds is 6. The molecule has 0 saturated carbocycles. The summed E-state index contributed by atoms with van der Waals surface area (Å²) in [6, 6.07) is 30.2. The normalized spacial score (nSPS) is 11.0. The molecule has 0 saturated heterocycles. The van der Waals surface area contributed by atoms with Gasteiger partial charge in [0.1, 0.15) is 0 Å². The zero-order chi connectivity index (χ0) is 20.9. The number of hydrogen-bond acceptors (Lipinski definition) is 3. The summed E-state index contributed by atoms with van der Waals surface area (Å²) in [6.45, 7) is 5.16. The Morgan fingerprint density at radius 3 is 1.83 bits per heavy atom. The number of carbonyl (C=O) groups excluding carboxylic acids is 1. The van der Waals surface area contributed by atoms with E-state index in [1.165, 1.54) is 11.1 Å². The number of benzene rings is 4. The van der Waals surface area contributed by atoms with Crippen LogP contribution in [0.25, 0.3) is 10.8 Å². The monoisotopic (exact) mass is 395 g/mol. The average Bonchev–Trinajstić information content (AvgIpc) is 2.76. The Hall–Kier alpha value is -3.43. The van der Waals surface area contributed by atoms with Crippen LogP contribution in [0.15, 0.2) is 91.0 Å². The quantitative estimate of drug-likeness (QED) is 0.362. The summed E-state index contributed by atoms with van der Waals surface area (Å²) in [7, 11) is 0. The van der Waals surface area contributed by atoms with Crippen LogP contribution >= 0.6 is 0 Å². The van der Waals surface area contributed by atoms with Crippen LogP contribution in [0.1, 0.15) is 32.6 Å². The second-order valence-corrected chi connectivity index (χ2v) is 7.67. The molecule has 0 N–H and O–H groups in total. The molecule has 150 valence electrons. The molecule has 0 spiro atoms. The van der Waals surface area contributed by atoms with Crippen molar-refractivity contribution in [1.29, 1.82) is 0 Å². The van der Waals surface area contributed by atoms with Gasteiger partial charge in [-0.25, -0.2) is 4.79 Å². The van der Waals surface area contributed by atoms with E-state index in [1.54, 1.807) is 5.06 Å². The molecular weight excluding hydrogens is 370 g/mol. The number of aryl methyl sites for hydroxylation is 2. The summed E-state index contributed by atoms with van der Waals surface area (Å²) < 4.78 is 0. The molecule has 4 rings (SSSR count). The Balaban J connectivity index is 1.59. The SMILES string of the molecule is Cc1ccc(CN(Cc2ccc(C)cc2)OC(=O)c2cccc3ccccc23)cc1. The van der Waals surface area contributed by atoms with E-state index in [2.05, 4.69) is 62.4 Å². The molecule has 0 atom stereocenters. The van der Waals surface area contributed by atoms with Gasteiger partial charge in [-0.3, -0.25) is 0 Å². The lowest BCUT2D eigenvalue weighted by atomic mass is 10.1. The van der Waals surface area contributed by atoms with Crippen molar-refractivity contribution in [3.05, 3.63) is 119 Å². The van der Waals surface area contributed by atoms with Crippen molar-refractivity contribution in [2.24, 2.45) is 0 Å². The topological polar surface area (TPSA) is 29.5 Å². The maximum absolute atomic E-state index is 13.1. The molecule has 0 aliphatic heterocycles. The first-order valence-corrected chi connectivity index (χ1v) is 10.1. The number of hydrogen-bond donors (Lipinski definition) is 0. The van der Waals surface area contributed by atoms with Crippen LogP contribution in [-0.4, -0.2) is 11.0 Å². The fraction of sp³-hybridized carbons (Fsp3) is 0.148. The van der Waals surface area contributed by atoms with E-state index >= 15 is 0 Å². The van der Waals surface area contributed by atoms with Crippen molar-refractivity contribution in [1.82, 2.24) is 5.06 Å². The van der Waals surface area contributed by atoms with E-state index in [0.717, 1.165) is 21.9 Å². The van der Waals surface area contributed by atoms with E-state index in [0.29, 0.717) is 18.7 Å². The van der Waals surface area contributed by atoms with Crippen molar-refractivity contribution < 1.29 is 9.63 Å². The first kappa shape index (κ1) is 19.9. The van der Waals surface area contributed by atoms with Gasteiger partial charge in [0.2, 0.25) is 0 Å². The molecule has 0 aliphatic carbocycles. The fourth-order valence-electron chi connectivity index (χ4n) is 3.48. The van der Waals surface area contributed by atoms with E-state index in [4.69, 9.17) is 4.84 Å². The molecule has 0 amide bonds. The van der Waals surface area contributed by atoms with E-state index in [9.17, 15) is 4.79 Å². The third-order valence-corrected chi connectivity index (χ3v) is 5.18. The minimum absolute atomic E-state index is 0.342. The summed E-state index contributed by atoms with van der Waals surface area (Å²) in [5, 5.41) is 3.66. The zero-order valence-corrected chi connectivity index (χ0v) is 17.3. The highest BCUT2D eigenvalue weighted by atomic mass is 16.7. The first-order chi connectivity index (χ1) is 14.6. The van der Waals surface area contributed by atoms with Crippen LogP contribution in [0.5, 0.6) is 0 Å². The molecule has 0 aromatic heterocycles. The van der Waals surface area contributed by atoms with Gasteiger partial charge in [0.05, 0.1) is 18.7 Å². The number of nitrogens with zero attached hydrogens (tertiary/aromatic N) is 1. The minimum Gasteiger partial charge on any atom is -0.363 e. The van der Waals surface area contributed by atoms with Gasteiger partial charge in [-0.1, -0.05) is 96.1 Å². The van der Waals surface area contributed by atoms with Crippen LogP contribution in [0.2, 0.25) is 0 Å². The maximum Gasteiger partial charge on any atom is 0.357 e. The second kappa shape index (κ2) is 8.93. The molecule has 4 aromatic rings. The molecular formula is C27H25NO2. The predicted molar refractivity (Wildman–Crippen MR) is 121 cm³/mol. The molecule has 3 nitrogen and oxygen atoms in total. The van der Waals surface area contributed by atoms with Crippen molar-refractivity contribution >= 4 is 16.7 Å². The largest absolute Gasteiger partial charge is 0.363 e. The predicted octanol–water partition coefficient (Wildman–Crippen LogP) is 6.23. The minimum atomic E-state index is -0.342. The smallest absolute Gasteiger partial charge is 0.357 e. The van der Waals surface area contributed by atoms with Crippen molar-refractivity contribution in [2.75, 3.05) is 0 Å². The van der Waals surface area contributed by atoms with Crippen molar-refractivity contribution in [3.63, 3.8) is 0 Å². The van der Waals surface area contributed by atoms with Gasteiger partial charge in [0, 0.05) is 0 Å². The molecule has 0 aliphatic rings. The molecule has 0 fully saturated rings. The van der Waals surface area contributed by atoms with E-state index in [1.807, 2.05) is 42.5 Å². The van der Waals surface area contributed by atoms with E-state index < -0.39 is 0 Å². The van der Waals surface area contributed by atoms with Gasteiger partial charge in [-0.05, 0) is 41.8 Å². The van der Waals surface area contributed by atoms with Gasteiger partial charge in [0.25, 0.3) is 0 Å². The molecule has 0 radical (unpaired) electrons. The molecule has 4 aromatic carbocycles.